The molecule has 3 nitrogen and oxygen atoms in total. The van der Waals surface area contributed by atoms with Crippen LogP contribution in [0.15, 0.2) is 30.3 Å². The highest BCUT2D eigenvalue weighted by atomic mass is 16.5. The lowest BCUT2D eigenvalue weighted by Crippen LogP contribution is -2.52. The van der Waals surface area contributed by atoms with Gasteiger partial charge in [-0.2, -0.15) is 0 Å². The molecule has 1 saturated heterocycles. The summed E-state index contributed by atoms with van der Waals surface area (Å²) in [6.45, 7) is 1.52. The molecule has 82 valence electrons. The van der Waals surface area contributed by atoms with Gasteiger partial charge in [0.25, 0.3) is 0 Å². The lowest BCUT2D eigenvalue weighted by atomic mass is 9.83. The Labute approximate surface area is 90.1 Å². The first-order valence-electron chi connectivity index (χ1n) is 5.29. The van der Waals surface area contributed by atoms with Crippen LogP contribution in [0, 0.1) is 0 Å². The molecule has 0 amide bonds. The van der Waals surface area contributed by atoms with Gasteiger partial charge in [-0.25, -0.2) is 0 Å². The Morgan fingerprint density at radius 2 is 2.13 bits per heavy atom. The predicted molar refractivity (Wildman–Crippen MR) is 58.6 cm³/mol. The molecule has 0 aliphatic carbocycles. The second-order valence-electron chi connectivity index (χ2n) is 3.97. The lowest BCUT2D eigenvalue weighted by molar-refractivity contribution is -0.114. The van der Waals surface area contributed by atoms with E-state index in [0.717, 1.165) is 12.1 Å². The number of nitrogens with one attached hydrogen (secondary N) is 1. The minimum atomic E-state index is -0.846. The molecule has 2 atom stereocenters. The number of methoxy groups -OCH3 is 1. The minimum absolute atomic E-state index is 0.173. The summed E-state index contributed by atoms with van der Waals surface area (Å²) in [5, 5.41) is 13.9. The molecule has 0 spiro atoms. The monoisotopic (exact) mass is 207 g/mol. The van der Waals surface area contributed by atoms with Crippen molar-refractivity contribution < 1.29 is 9.84 Å². The first kappa shape index (κ1) is 10.6. The van der Waals surface area contributed by atoms with Gasteiger partial charge in [-0.05, 0) is 18.5 Å². The van der Waals surface area contributed by atoms with Gasteiger partial charge in [-0.15, -0.1) is 0 Å². The zero-order valence-electron chi connectivity index (χ0n) is 8.94. The molecule has 1 aromatic carbocycles. The molecule has 0 bridgehead atoms. The van der Waals surface area contributed by atoms with E-state index in [9.17, 15) is 5.11 Å². The molecule has 1 aliphatic rings. The minimum Gasteiger partial charge on any atom is -0.382 e. The van der Waals surface area contributed by atoms with E-state index in [1.165, 1.54) is 0 Å². The van der Waals surface area contributed by atoms with E-state index >= 15 is 0 Å². The van der Waals surface area contributed by atoms with E-state index < -0.39 is 5.60 Å². The Balaban J connectivity index is 2.30. The van der Waals surface area contributed by atoms with Gasteiger partial charge in [-0.3, -0.25) is 0 Å². The maximum atomic E-state index is 10.6. The summed E-state index contributed by atoms with van der Waals surface area (Å²) in [6.07, 6.45) is 0.517. The summed E-state index contributed by atoms with van der Waals surface area (Å²) < 4.78 is 5.35. The molecule has 0 radical (unpaired) electrons. The van der Waals surface area contributed by atoms with Crippen molar-refractivity contribution in [2.75, 3.05) is 20.2 Å². The molecule has 1 aromatic rings. The molecular formula is C12H17NO2. The van der Waals surface area contributed by atoms with Crippen molar-refractivity contribution in [2.24, 2.45) is 0 Å². The van der Waals surface area contributed by atoms with Crippen LogP contribution in [0.2, 0.25) is 0 Å². The van der Waals surface area contributed by atoms with E-state index in [4.69, 9.17) is 4.74 Å². The molecule has 1 fully saturated rings. The van der Waals surface area contributed by atoms with Crippen molar-refractivity contribution >= 4 is 0 Å². The number of hydrogen-bond donors (Lipinski definition) is 2. The highest BCUT2D eigenvalue weighted by molar-refractivity contribution is 5.24. The summed E-state index contributed by atoms with van der Waals surface area (Å²) in [5.41, 5.74) is 0.0969. The maximum Gasteiger partial charge on any atom is 0.118 e. The number of hydrogen-bond acceptors (Lipinski definition) is 3. The van der Waals surface area contributed by atoms with Crippen molar-refractivity contribution in [2.45, 2.75) is 18.1 Å². The maximum absolute atomic E-state index is 10.6. The molecule has 1 heterocycles. The molecular weight excluding hydrogens is 190 g/mol. The van der Waals surface area contributed by atoms with Crippen LogP contribution in [-0.2, 0) is 10.3 Å². The SMILES string of the molecule is CO[C@H]1CNCC[C@]1(O)c1ccccc1. The Morgan fingerprint density at radius 1 is 1.40 bits per heavy atom. The third-order valence-corrected chi connectivity index (χ3v) is 3.10. The fourth-order valence-corrected chi connectivity index (χ4v) is 2.18. The summed E-state index contributed by atoms with van der Waals surface area (Å²) in [6, 6.07) is 9.76. The predicted octanol–water partition coefficient (Wildman–Crippen LogP) is 0.882. The smallest absolute Gasteiger partial charge is 0.118 e. The number of piperidine rings is 1. The van der Waals surface area contributed by atoms with E-state index in [2.05, 4.69) is 5.32 Å². The summed E-state index contributed by atoms with van der Waals surface area (Å²) >= 11 is 0. The third kappa shape index (κ3) is 1.91. The number of benzene rings is 1. The fraction of sp³-hybridized carbons (Fsp3) is 0.500. The lowest BCUT2D eigenvalue weighted by Gasteiger charge is -2.39. The highest BCUT2D eigenvalue weighted by Gasteiger charge is 2.40. The van der Waals surface area contributed by atoms with Crippen molar-refractivity contribution in [3.8, 4) is 0 Å². The van der Waals surface area contributed by atoms with Crippen molar-refractivity contribution in [1.82, 2.24) is 5.32 Å². The van der Waals surface area contributed by atoms with Crippen molar-refractivity contribution in [1.29, 1.82) is 0 Å². The van der Waals surface area contributed by atoms with Gasteiger partial charge in [0, 0.05) is 13.7 Å². The second-order valence-corrected chi connectivity index (χ2v) is 3.97. The summed E-state index contributed by atoms with van der Waals surface area (Å²) in [7, 11) is 1.64. The van der Waals surface area contributed by atoms with Gasteiger partial charge in [-0.1, -0.05) is 30.3 Å². The average Bonchev–Trinajstić information content (AvgIpc) is 2.31. The number of aliphatic hydroxyl groups is 1. The van der Waals surface area contributed by atoms with Crippen molar-refractivity contribution in [3.63, 3.8) is 0 Å². The Kier molecular flexibility index (Phi) is 3.05. The topological polar surface area (TPSA) is 41.5 Å². The van der Waals surface area contributed by atoms with Crippen molar-refractivity contribution in [3.05, 3.63) is 35.9 Å². The van der Waals surface area contributed by atoms with Crippen LogP contribution < -0.4 is 5.32 Å². The normalized spacial score (nSPS) is 31.5. The number of rotatable bonds is 2. The molecule has 2 N–H and O–H groups in total. The molecule has 0 unspecified atom stereocenters. The average molecular weight is 207 g/mol. The van der Waals surface area contributed by atoms with E-state index in [1.807, 2.05) is 30.3 Å². The molecule has 2 rings (SSSR count). The van der Waals surface area contributed by atoms with Gasteiger partial charge in [0.05, 0.1) is 0 Å². The van der Waals surface area contributed by atoms with Gasteiger partial charge in [0.1, 0.15) is 11.7 Å². The summed E-state index contributed by atoms with van der Waals surface area (Å²) in [5.74, 6) is 0. The number of ether oxygens (including phenoxy) is 1. The van der Waals surface area contributed by atoms with Crippen LogP contribution in [-0.4, -0.2) is 31.4 Å². The summed E-state index contributed by atoms with van der Waals surface area (Å²) in [4.78, 5) is 0. The quantitative estimate of drug-likeness (QED) is 0.756. The molecule has 1 aliphatic heterocycles. The Morgan fingerprint density at radius 3 is 2.80 bits per heavy atom. The second kappa shape index (κ2) is 4.31. The zero-order chi connectivity index (χ0) is 10.7. The standard InChI is InChI=1S/C12H17NO2/c1-15-11-9-13-8-7-12(11,14)10-5-3-2-4-6-10/h2-6,11,13-14H,7-9H2,1H3/t11-,12-/m0/s1. The third-order valence-electron chi connectivity index (χ3n) is 3.10. The van der Waals surface area contributed by atoms with Crippen LogP contribution in [0.5, 0.6) is 0 Å². The van der Waals surface area contributed by atoms with E-state index in [1.54, 1.807) is 7.11 Å². The first-order chi connectivity index (χ1) is 7.27. The molecule has 3 heteroatoms. The van der Waals surface area contributed by atoms with Gasteiger partial charge in [0.2, 0.25) is 0 Å². The first-order valence-corrected chi connectivity index (χ1v) is 5.29. The van der Waals surface area contributed by atoms with Gasteiger partial charge < -0.3 is 15.2 Å². The van der Waals surface area contributed by atoms with Crippen LogP contribution in [0.1, 0.15) is 12.0 Å². The molecule has 0 aromatic heterocycles. The van der Waals surface area contributed by atoms with Crippen LogP contribution in [0.25, 0.3) is 0 Å². The van der Waals surface area contributed by atoms with Crippen LogP contribution in [0.3, 0.4) is 0 Å². The highest BCUT2D eigenvalue weighted by Crippen LogP contribution is 2.31. The zero-order valence-corrected chi connectivity index (χ0v) is 8.94. The largest absolute Gasteiger partial charge is 0.382 e. The molecule has 0 saturated carbocycles. The Bertz CT molecular complexity index is 315. The van der Waals surface area contributed by atoms with Crippen LogP contribution in [0.4, 0.5) is 0 Å². The van der Waals surface area contributed by atoms with Gasteiger partial charge >= 0.3 is 0 Å². The van der Waals surface area contributed by atoms with E-state index in [-0.39, 0.29) is 6.10 Å². The Hall–Kier alpha value is -0.900. The van der Waals surface area contributed by atoms with Gasteiger partial charge in [0.15, 0.2) is 0 Å². The van der Waals surface area contributed by atoms with Crippen LogP contribution >= 0.6 is 0 Å². The fourth-order valence-electron chi connectivity index (χ4n) is 2.18. The van der Waals surface area contributed by atoms with E-state index in [0.29, 0.717) is 13.0 Å². The molecule has 15 heavy (non-hydrogen) atoms.